The second-order valence-corrected chi connectivity index (χ2v) is 5.74. The van der Waals surface area contributed by atoms with Crippen molar-refractivity contribution in [3.8, 4) is 0 Å². The van der Waals surface area contributed by atoms with Crippen LogP contribution in [0, 0.1) is 6.92 Å². The molecule has 0 saturated carbocycles. The highest BCUT2D eigenvalue weighted by Crippen LogP contribution is 2.32. The van der Waals surface area contributed by atoms with Crippen molar-refractivity contribution in [3.63, 3.8) is 0 Å². The van der Waals surface area contributed by atoms with Gasteiger partial charge in [-0.15, -0.1) is 22.9 Å². The van der Waals surface area contributed by atoms with Gasteiger partial charge in [-0.3, -0.25) is 0 Å². The Morgan fingerprint density at radius 3 is 2.75 bits per heavy atom. The quantitative estimate of drug-likeness (QED) is 0.670. The van der Waals surface area contributed by atoms with E-state index in [0.717, 1.165) is 22.6 Å². The Hall–Kier alpha value is -0.500. The topological polar surface area (TPSA) is 0 Å². The molecule has 0 fully saturated rings. The van der Waals surface area contributed by atoms with E-state index < -0.39 is 0 Å². The molecule has 0 radical (unpaired) electrons. The minimum absolute atomic E-state index is 0.0493. The lowest BCUT2D eigenvalue weighted by molar-refractivity contribution is 0.937. The molecule has 0 N–H and O–H groups in total. The molecule has 2 aromatic rings. The number of hydrogen-bond acceptors (Lipinski definition) is 1. The van der Waals surface area contributed by atoms with Crippen molar-refractivity contribution in [1.29, 1.82) is 0 Å². The Balaban J connectivity index is 2.17. The summed E-state index contributed by atoms with van der Waals surface area (Å²) in [7, 11) is 0. The summed E-state index contributed by atoms with van der Waals surface area (Å²) in [5.74, 6) is 0. The van der Waals surface area contributed by atoms with Gasteiger partial charge in [-0.1, -0.05) is 29.8 Å². The predicted octanol–water partition coefficient (Wildman–Crippen LogP) is 5.23. The fourth-order valence-corrected chi connectivity index (χ4v) is 3.22. The third-order valence-corrected chi connectivity index (χ3v) is 4.07. The van der Waals surface area contributed by atoms with Gasteiger partial charge in [0, 0.05) is 16.3 Å². The molecular formula is C13H12Cl2S. The molecule has 3 heteroatoms. The van der Waals surface area contributed by atoms with E-state index in [0.29, 0.717) is 0 Å². The van der Waals surface area contributed by atoms with Crippen molar-refractivity contribution in [2.24, 2.45) is 0 Å². The van der Waals surface area contributed by atoms with Crippen molar-refractivity contribution in [2.75, 3.05) is 0 Å². The average molecular weight is 271 g/mol. The van der Waals surface area contributed by atoms with E-state index in [9.17, 15) is 0 Å². The van der Waals surface area contributed by atoms with Gasteiger partial charge in [0.1, 0.15) is 0 Å². The molecular weight excluding hydrogens is 259 g/mol. The molecule has 1 unspecified atom stereocenters. The summed E-state index contributed by atoms with van der Waals surface area (Å²) in [5.41, 5.74) is 2.18. The highest BCUT2D eigenvalue weighted by molar-refractivity contribution is 7.09. The maximum Gasteiger partial charge on any atom is 0.0648 e. The highest BCUT2D eigenvalue weighted by Gasteiger charge is 2.13. The SMILES string of the molecule is Cc1ccc(C(Cl)Cc2cccs2)c(Cl)c1. The molecule has 1 atom stereocenters. The number of thiophene rings is 1. The van der Waals surface area contributed by atoms with Crippen molar-refractivity contribution in [1.82, 2.24) is 0 Å². The number of halogens is 2. The van der Waals surface area contributed by atoms with Gasteiger partial charge in [-0.05, 0) is 35.6 Å². The fourth-order valence-electron chi connectivity index (χ4n) is 1.60. The molecule has 0 bridgehead atoms. The van der Waals surface area contributed by atoms with Crippen LogP contribution in [-0.4, -0.2) is 0 Å². The number of hydrogen-bond donors (Lipinski definition) is 0. The second kappa shape index (κ2) is 5.22. The zero-order chi connectivity index (χ0) is 11.5. The fraction of sp³-hybridized carbons (Fsp3) is 0.231. The Morgan fingerprint density at radius 1 is 1.31 bits per heavy atom. The van der Waals surface area contributed by atoms with Crippen molar-refractivity contribution in [2.45, 2.75) is 18.7 Å². The standard InChI is InChI=1S/C13H12Cl2S/c1-9-4-5-11(12(14)7-9)13(15)8-10-3-2-6-16-10/h2-7,13H,8H2,1H3. The van der Waals surface area contributed by atoms with Crippen LogP contribution < -0.4 is 0 Å². The maximum absolute atomic E-state index is 6.38. The molecule has 84 valence electrons. The van der Waals surface area contributed by atoms with Crippen LogP contribution in [0.4, 0.5) is 0 Å². The van der Waals surface area contributed by atoms with Gasteiger partial charge in [0.2, 0.25) is 0 Å². The van der Waals surface area contributed by atoms with Crippen LogP contribution in [0.1, 0.15) is 21.4 Å². The van der Waals surface area contributed by atoms with Gasteiger partial charge < -0.3 is 0 Å². The zero-order valence-corrected chi connectivity index (χ0v) is 11.2. The van der Waals surface area contributed by atoms with Gasteiger partial charge in [-0.2, -0.15) is 0 Å². The van der Waals surface area contributed by atoms with Gasteiger partial charge in [0.05, 0.1) is 5.38 Å². The third kappa shape index (κ3) is 2.79. The summed E-state index contributed by atoms with van der Waals surface area (Å²) in [6.45, 7) is 2.03. The first-order valence-electron chi connectivity index (χ1n) is 5.09. The average Bonchev–Trinajstić information content (AvgIpc) is 2.70. The zero-order valence-electron chi connectivity index (χ0n) is 8.91. The number of rotatable bonds is 3. The summed E-state index contributed by atoms with van der Waals surface area (Å²) < 4.78 is 0. The first kappa shape index (κ1) is 12.0. The summed E-state index contributed by atoms with van der Waals surface area (Å²) in [6.07, 6.45) is 0.835. The van der Waals surface area contributed by atoms with E-state index in [1.165, 1.54) is 4.88 Å². The lowest BCUT2D eigenvalue weighted by Crippen LogP contribution is -1.95. The molecule has 0 aliphatic carbocycles. The van der Waals surface area contributed by atoms with E-state index >= 15 is 0 Å². The molecule has 0 nitrogen and oxygen atoms in total. The largest absolute Gasteiger partial charge is 0.149 e. The minimum Gasteiger partial charge on any atom is -0.149 e. The Bertz CT molecular complexity index is 463. The van der Waals surface area contributed by atoms with Crippen LogP contribution >= 0.6 is 34.5 Å². The molecule has 1 heterocycles. The van der Waals surface area contributed by atoms with Gasteiger partial charge in [0.15, 0.2) is 0 Å². The normalized spacial score (nSPS) is 12.7. The predicted molar refractivity (Wildman–Crippen MR) is 72.8 cm³/mol. The van der Waals surface area contributed by atoms with Crippen LogP contribution in [-0.2, 0) is 6.42 Å². The maximum atomic E-state index is 6.38. The van der Waals surface area contributed by atoms with Crippen LogP contribution in [0.2, 0.25) is 5.02 Å². The summed E-state index contributed by atoms with van der Waals surface area (Å²) >= 11 is 14.3. The van der Waals surface area contributed by atoms with E-state index in [1.54, 1.807) is 11.3 Å². The number of aryl methyl sites for hydroxylation is 1. The van der Waals surface area contributed by atoms with E-state index in [1.807, 2.05) is 31.2 Å². The lowest BCUT2D eigenvalue weighted by atomic mass is 10.1. The Labute approximate surface area is 110 Å². The van der Waals surface area contributed by atoms with Crippen LogP contribution in [0.25, 0.3) is 0 Å². The van der Waals surface area contributed by atoms with Crippen LogP contribution in [0.15, 0.2) is 35.7 Å². The van der Waals surface area contributed by atoms with Crippen LogP contribution in [0.3, 0.4) is 0 Å². The van der Waals surface area contributed by atoms with Gasteiger partial charge >= 0.3 is 0 Å². The van der Waals surface area contributed by atoms with E-state index in [-0.39, 0.29) is 5.38 Å². The van der Waals surface area contributed by atoms with Crippen LogP contribution in [0.5, 0.6) is 0 Å². The van der Waals surface area contributed by atoms with Gasteiger partial charge in [0.25, 0.3) is 0 Å². The van der Waals surface area contributed by atoms with Crippen molar-refractivity contribution in [3.05, 3.63) is 56.7 Å². The molecule has 0 aliphatic rings. The molecule has 1 aromatic heterocycles. The van der Waals surface area contributed by atoms with Gasteiger partial charge in [-0.25, -0.2) is 0 Å². The monoisotopic (exact) mass is 270 g/mol. The highest BCUT2D eigenvalue weighted by atomic mass is 35.5. The third-order valence-electron chi connectivity index (χ3n) is 2.45. The summed E-state index contributed by atoms with van der Waals surface area (Å²) in [6, 6.07) is 10.2. The molecule has 0 aliphatic heterocycles. The Morgan fingerprint density at radius 2 is 2.12 bits per heavy atom. The minimum atomic E-state index is -0.0493. The number of alkyl halides is 1. The van der Waals surface area contributed by atoms with E-state index in [2.05, 4.69) is 11.4 Å². The van der Waals surface area contributed by atoms with Crippen molar-refractivity contribution < 1.29 is 0 Å². The first-order valence-corrected chi connectivity index (χ1v) is 6.78. The number of benzene rings is 1. The van der Waals surface area contributed by atoms with E-state index in [4.69, 9.17) is 23.2 Å². The summed E-state index contributed by atoms with van der Waals surface area (Å²) in [5, 5.41) is 2.78. The Kier molecular flexibility index (Phi) is 3.91. The molecule has 0 amide bonds. The smallest absolute Gasteiger partial charge is 0.0648 e. The second-order valence-electron chi connectivity index (χ2n) is 3.78. The molecule has 16 heavy (non-hydrogen) atoms. The molecule has 0 spiro atoms. The molecule has 0 saturated heterocycles. The first-order chi connectivity index (χ1) is 7.66. The molecule has 2 rings (SSSR count). The van der Waals surface area contributed by atoms with Crippen molar-refractivity contribution >= 4 is 34.5 Å². The molecule has 1 aromatic carbocycles. The summed E-state index contributed by atoms with van der Waals surface area (Å²) in [4.78, 5) is 1.29. The lowest BCUT2D eigenvalue weighted by Gasteiger charge is -2.11.